The first-order chi connectivity index (χ1) is 15.5. The molecule has 1 saturated carbocycles. The van der Waals surface area contributed by atoms with Crippen LogP contribution in [-0.4, -0.2) is 49.6 Å². The van der Waals surface area contributed by atoms with Gasteiger partial charge in [-0.2, -0.15) is 10.2 Å². The lowest BCUT2D eigenvalue weighted by atomic mass is 9.83. The Labute approximate surface area is 209 Å². The van der Waals surface area contributed by atoms with Gasteiger partial charge in [0.25, 0.3) is 0 Å². The molecule has 32 heavy (non-hydrogen) atoms. The second-order valence-electron chi connectivity index (χ2n) is 7.01. The fraction of sp³-hybridized carbons (Fsp3) is 0.750. The molecule has 0 amide bonds. The Morgan fingerprint density at radius 2 is 1.59 bits per heavy atom. The van der Waals surface area contributed by atoms with Gasteiger partial charge in [0.05, 0.1) is 22.4 Å². The largest absolute Gasteiger partial charge is 0.382 e. The first kappa shape index (κ1) is 35.1. The molecule has 0 aromatic carbocycles. The molecule has 188 valence electrons. The number of hydrazone groups is 2. The van der Waals surface area contributed by atoms with Crippen LogP contribution in [0.1, 0.15) is 86.0 Å². The molecule has 1 aliphatic rings. The zero-order valence-electron chi connectivity index (χ0n) is 21.7. The molecule has 4 N–H and O–H groups in total. The molecular weight excluding hydrogens is 436 g/mol. The molecule has 1 aliphatic carbocycles. The van der Waals surface area contributed by atoms with Crippen molar-refractivity contribution in [2.24, 2.45) is 16.1 Å². The van der Waals surface area contributed by atoms with E-state index in [4.69, 9.17) is 0 Å². The Balaban J connectivity index is -0.000000579. The van der Waals surface area contributed by atoms with Gasteiger partial charge in [-0.1, -0.05) is 63.3 Å². The lowest BCUT2D eigenvalue weighted by Gasteiger charge is -2.23. The van der Waals surface area contributed by atoms with Crippen LogP contribution in [0.15, 0.2) is 22.4 Å². The van der Waals surface area contributed by atoms with Crippen LogP contribution in [0.2, 0.25) is 0 Å². The van der Waals surface area contributed by atoms with Gasteiger partial charge < -0.3 is 21.5 Å². The molecule has 0 aromatic rings. The standard InChI is InChI=1S/C16H30N4.2C3H7NS.C2H6/c1-13-8-7-10-15(12-13)9-5-6-11-16(20-18-4)14(2)19-17-3;2*1-2-4-3-5;1-2/h15,17-18H,1,5-12H2,2-4H3;2*3H,2H2,1H3,(H,4,5);1-2H3/b19-14+,20-16+;;;. The summed E-state index contributed by atoms with van der Waals surface area (Å²) in [5.74, 6) is 0.869. The molecule has 0 saturated heterocycles. The Morgan fingerprint density at radius 1 is 1.03 bits per heavy atom. The topological polar surface area (TPSA) is 72.8 Å². The maximum Gasteiger partial charge on any atom is 0.0832 e. The molecule has 0 heterocycles. The second-order valence-corrected chi connectivity index (χ2v) is 7.48. The highest BCUT2D eigenvalue weighted by atomic mass is 32.1. The van der Waals surface area contributed by atoms with E-state index in [2.05, 4.69) is 62.7 Å². The quantitative estimate of drug-likeness (QED) is 0.0946. The molecule has 6 nitrogen and oxygen atoms in total. The predicted octanol–water partition coefficient (Wildman–Crippen LogP) is 5.60. The van der Waals surface area contributed by atoms with Gasteiger partial charge >= 0.3 is 0 Å². The van der Waals surface area contributed by atoms with E-state index in [0.29, 0.717) is 0 Å². The molecular formula is C24H50N6S2. The van der Waals surface area contributed by atoms with Crippen LogP contribution >= 0.6 is 24.4 Å². The number of hydrogen-bond donors (Lipinski definition) is 4. The minimum atomic E-state index is 0.869. The summed E-state index contributed by atoms with van der Waals surface area (Å²) in [6.07, 6.45) is 9.99. The number of thiocarbonyl (C=S) groups is 2. The fourth-order valence-electron chi connectivity index (χ4n) is 3.08. The summed E-state index contributed by atoms with van der Waals surface area (Å²) >= 11 is 8.83. The van der Waals surface area contributed by atoms with Crippen molar-refractivity contribution in [1.29, 1.82) is 0 Å². The van der Waals surface area contributed by atoms with Crippen LogP contribution in [0.25, 0.3) is 0 Å². The van der Waals surface area contributed by atoms with E-state index in [0.717, 1.165) is 36.9 Å². The van der Waals surface area contributed by atoms with Crippen LogP contribution in [0.3, 0.4) is 0 Å². The molecule has 0 spiro atoms. The lowest BCUT2D eigenvalue weighted by molar-refractivity contribution is 0.381. The highest BCUT2D eigenvalue weighted by Gasteiger charge is 2.15. The number of hydrogen-bond acceptors (Lipinski definition) is 6. The summed E-state index contributed by atoms with van der Waals surface area (Å²) in [4.78, 5) is 0. The molecule has 1 atom stereocenters. The van der Waals surface area contributed by atoms with Crippen LogP contribution < -0.4 is 21.5 Å². The number of allylic oxidation sites excluding steroid dienone is 1. The summed E-state index contributed by atoms with van der Waals surface area (Å²) in [7, 11) is 3.65. The molecule has 1 fully saturated rings. The molecule has 0 aromatic heterocycles. The van der Waals surface area contributed by atoms with Gasteiger partial charge in [0.1, 0.15) is 0 Å². The summed E-state index contributed by atoms with van der Waals surface area (Å²) in [5, 5.41) is 14.1. The van der Waals surface area contributed by atoms with Gasteiger partial charge in [-0.25, -0.2) is 0 Å². The zero-order chi connectivity index (χ0) is 25.0. The van der Waals surface area contributed by atoms with E-state index in [1.165, 1.54) is 61.5 Å². The average Bonchev–Trinajstić information content (AvgIpc) is 2.79. The molecule has 0 aliphatic heterocycles. The zero-order valence-corrected chi connectivity index (χ0v) is 23.4. The van der Waals surface area contributed by atoms with Crippen molar-refractivity contribution in [1.82, 2.24) is 21.5 Å². The first-order valence-corrected chi connectivity index (χ1v) is 12.9. The van der Waals surface area contributed by atoms with Crippen LogP contribution in [0.5, 0.6) is 0 Å². The van der Waals surface area contributed by atoms with Gasteiger partial charge in [0.15, 0.2) is 0 Å². The highest BCUT2D eigenvalue weighted by Crippen LogP contribution is 2.30. The minimum Gasteiger partial charge on any atom is -0.382 e. The molecule has 1 rings (SSSR count). The average molecular weight is 487 g/mol. The maximum atomic E-state index is 4.42. The van der Waals surface area contributed by atoms with Crippen LogP contribution in [0, 0.1) is 5.92 Å². The number of nitrogens with zero attached hydrogens (tertiary/aromatic N) is 2. The minimum absolute atomic E-state index is 0.869. The number of unbranched alkanes of at least 4 members (excludes halogenated alkanes) is 1. The third kappa shape index (κ3) is 24.7. The molecule has 0 bridgehead atoms. The summed E-state index contributed by atoms with van der Waals surface area (Å²) in [6.45, 7) is 16.0. The normalized spacial score (nSPS) is 15.3. The monoisotopic (exact) mass is 486 g/mol. The van der Waals surface area contributed by atoms with E-state index in [1.54, 1.807) is 0 Å². The van der Waals surface area contributed by atoms with Crippen molar-refractivity contribution < 1.29 is 0 Å². The summed E-state index contributed by atoms with van der Waals surface area (Å²) in [6, 6.07) is 0. The molecule has 0 radical (unpaired) electrons. The van der Waals surface area contributed by atoms with Crippen molar-refractivity contribution in [3.8, 4) is 0 Å². The molecule has 8 heteroatoms. The van der Waals surface area contributed by atoms with Crippen molar-refractivity contribution in [3.63, 3.8) is 0 Å². The Kier molecular flexibility index (Phi) is 32.3. The van der Waals surface area contributed by atoms with Gasteiger partial charge in [0, 0.05) is 27.2 Å². The van der Waals surface area contributed by atoms with Crippen molar-refractivity contribution in [3.05, 3.63) is 12.2 Å². The van der Waals surface area contributed by atoms with Gasteiger partial charge in [0.2, 0.25) is 0 Å². The smallest absolute Gasteiger partial charge is 0.0832 e. The van der Waals surface area contributed by atoms with E-state index in [1.807, 2.05) is 48.7 Å². The van der Waals surface area contributed by atoms with Crippen LogP contribution in [0.4, 0.5) is 0 Å². The summed E-state index contributed by atoms with van der Waals surface area (Å²) < 4.78 is 0. The van der Waals surface area contributed by atoms with E-state index in [9.17, 15) is 0 Å². The van der Waals surface area contributed by atoms with Crippen molar-refractivity contribution >= 4 is 46.8 Å². The first-order valence-electron chi connectivity index (χ1n) is 12.0. The van der Waals surface area contributed by atoms with Crippen molar-refractivity contribution in [2.45, 2.75) is 86.0 Å². The third-order valence-corrected chi connectivity index (χ3v) is 4.85. The van der Waals surface area contributed by atoms with Crippen LogP contribution in [-0.2, 0) is 0 Å². The van der Waals surface area contributed by atoms with Crippen molar-refractivity contribution in [2.75, 3.05) is 27.2 Å². The van der Waals surface area contributed by atoms with E-state index in [-0.39, 0.29) is 0 Å². The molecule has 1 unspecified atom stereocenters. The highest BCUT2D eigenvalue weighted by molar-refractivity contribution is 7.79. The predicted molar refractivity (Wildman–Crippen MR) is 154 cm³/mol. The number of nitrogens with one attached hydrogen (secondary N) is 4. The van der Waals surface area contributed by atoms with E-state index >= 15 is 0 Å². The lowest BCUT2D eigenvalue weighted by Crippen LogP contribution is -2.17. The Morgan fingerprint density at radius 3 is 2.00 bits per heavy atom. The van der Waals surface area contributed by atoms with Gasteiger partial charge in [-0.05, 0) is 65.2 Å². The SMILES string of the molecule is C=C1CCCC(CCCCC(=N\NC)/C(C)=N/NC)C1.CC.CCNC=S.CCNC=S. The third-order valence-electron chi connectivity index (χ3n) is 4.51. The Hall–Kier alpha value is -1.54. The van der Waals surface area contributed by atoms with Gasteiger partial charge in [-0.3, -0.25) is 0 Å². The fourth-order valence-corrected chi connectivity index (χ4v) is 3.41. The summed E-state index contributed by atoms with van der Waals surface area (Å²) in [5.41, 5.74) is 12.2. The van der Waals surface area contributed by atoms with Gasteiger partial charge in [-0.15, -0.1) is 0 Å². The Bertz CT molecular complexity index is 497. The number of rotatable bonds is 12. The van der Waals surface area contributed by atoms with E-state index < -0.39 is 0 Å². The second kappa shape index (κ2) is 29.5. The maximum absolute atomic E-state index is 4.42.